The number of aromatic hydroxyl groups is 1. The van der Waals surface area contributed by atoms with Gasteiger partial charge in [-0.2, -0.15) is 4.31 Å². The monoisotopic (exact) mass is 586 g/mol. The number of carboxylic acids is 1. The second kappa shape index (κ2) is 12.4. The minimum absolute atomic E-state index is 0.0205. The average molecular weight is 587 g/mol. The fourth-order valence-corrected chi connectivity index (χ4v) is 5.45. The van der Waals surface area contributed by atoms with Crippen molar-refractivity contribution in [2.24, 2.45) is 0 Å². The lowest BCUT2D eigenvalue weighted by Crippen LogP contribution is -2.41. The molecular formula is C32H30N2O7S. The third-order valence-corrected chi connectivity index (χ3v) is 8.65. The van der Waals surface area contributed by atoms with Gasteiger partial charge in [-0.25, -0.2) is 13.2 Å². The van der Waals surface area contributed by atoms with E-state index in [-0.39, 0.29) is 28.5 Å². The number of carbonyl (C=O) groups excluding carboxylic acids is 2. The van der Waals surface area contributed by atoms with Crippen LogP contribution < -0.4 is 4.90 Å². The number of sulfonamides is 1. The minimum Gasteiger partial charge on any atom is -0.507 e. The van der Waals surface area contributed by atoms with Crippen LogP contribution in [-0.4, -0.2) is 54.2 Å². The molecule has 0 saturated heterocycles. The van der Waals surface area contributed by atoms with Crippen LogP contribution in [0.5, 0.6) is 5.75 Å². The van der Waals surface area contributed by atoms with E-state index in [4.69, 9.17) is 0 Å². The van der Waals surface area contributed by atoms with Crippen LogP contribution >= 0.6 is 0 Å². The maximum atomic E-state index is 13.6. The SMILES string of the molecule is CC(=O)c1ccc(-c2ccc(CN(C(=O)CN(C)S(=O)(=O)c3ccc(C)cc3)c3ccc(C(=O)O)c(O)c3)cc2)cc1. The average Bonchev–Trinajstić information content (AvgIpc) is 2.96. The molecule has 216 valence electrons. The Morgan fingerprint density at radius 2 is 1.38 bits per heavy atom. The smallest absolute Gasteiger partial charge is 0.339 e. The van der Waals surface area contributed by atoms with Gasteiger partial charge in [0.2, 0.25) is 15.9 Å². The molecule has 4 aromatic carbocycles. The van der Waals surface area contributed by atoms with Crippen molar-refractivity contribution < 1.29 is 33.0 Å². The summed E-state index contributed by atoms with van der Waals surface area (Å²) in [6.45, 7) is 2.86. The van der Waals surface area contributed by atoms with E-state index in [1.54, 1.807) is 24.3 Å². The number of amides is 1. The number of phenols is 1. The fourth-order valence-electron chi connectivity index (χ4n) is 4.33. The minimum atomic E-state index is -3.97. The summed E-state index contributed by atoms with van der Waals surface area (Å²) in [5.41, 5.74) is 3.87. The summed E-state index contributed by atoms with van der Waals surface area (Å²) in [6.07, 6.45) is 0. The third kappa shape index (κ3) is 6.73. The number of hydrogen-bond acceptors (Lipinski definition) is 6. The lowest BCUT2D eigenvalue weighted by molar-refractivity contribution is -0.118. The van der Waals surface area contributed by atoms with E-state index < -0.39 is 34.2 Å². The van der Waals surface area contributed by atoms with Crippen LogP contribution in [0.2, 0.25) is 0 Å². The summed E-state index contributed by atoms with van der Waals surface area (Å²) in [6, 6.07) is 24.6. The van der Waals surface area contributed by atoms with E-state index in [9.17, 15) is 33.0 Å². The highest BCUT2D eigenvalue weighted by Gasteiger charge is 2.27. The van der Waals surface area contributed by atoms with Gasteiger partial charge in [0, 0.05) is 24.4 Å². The first-order valence-electron chi connectivity index (χ1n) is 13.0. The van der Waals surface area contributed by atoms with E-state index in [1.807, 2.05) is 43.3 Å². The number of aromatic carboxylic acids is 1. The topological polar surface area (TPSA) is 132 Å². The summed E-state index contributed by atoms with van der Waals surface area (Å²) < 4.78 is 27.2. The van der Waals surface area contributed by atoms with Crippen LogP contribution in [0, 0.1) is 6.92 Å². The van der Waals surface area contributed by atoms with E-state index >= 15 is 0 Å². The van der Waals surface area contributed by atoms with Gasteiger partial charge in [-0.3, -0.25) is 9.59 Å². The second-order valence-electron chi connectivity index (χ2n) is 9.89. The number of rotatable bonds is 10. The molecule has 0 spiro atoms. The number of carbonyl (C=O) groups is 3. The summed E-state index contributed by atoms with van der Waals surface area (Å²) in [4.78, 5) is 37.9. The molecule has 0 heterocycles. The molecule has 0 unspecified atom stereocenters. The zero-order valence-electron chi connectivity index (χ0n) is 23.3. The highest BCUT2D eigenvalue weighted by atomic mass is 32.2. The Kier molecular flexibility index (Phi) is 8.89. The lowest BCUT2D eigenvalue weighted by atomic mass is 10.0. The molecule has 0 fully saturated rings. The highest BCUT2D eigenvalue weighted by Crippen LogP contribution is 2.28. The Labute approximate surface area is 244 Å². The number of nitrogens with zero attached hydrogens (tertiary/aromatic N) is 2. The Bertz CT molecular complexity index is 1730. The Morgan fingerprint density at radius 1 is 0.810 bits per heavy atom. The molecule has 0 aromatic heterocycles. The number of Topliss-reactive ketones (excluding diaryl/α,β-unsaturated/α-hetero) is 1. The zero-order valence-corrected chi connectivity index (χ0v) is 24.1. The molecule has 4 aromatic rings. The maximum absolute atomic E-state index is 13.6. The summed E-state index contributed by atoms with van der Waals surface area (Å²) in [5, 5.41) is 19.6. The first-order chi connectivity index (χ1) is 19.9. The molecule has 42 heavy (non-hydrogen) atoms. The Hall–Kier alpha value is -4.80. The number of carboxylic acid groups (broad SMARTS) is 1. The van der Waals surface area contributed by atoms with Crippen LogP contribution in [0.1, 0.15) is 38.8 Å². The van der Waals surface area contributed by atoms with Crippen molar-refractivity contribution in [2.45, 2.75) is 25.3 Å². The van der Waals surface area contributed by atoms with Gasteiger partial charge in [-0.15, -0.1) is 0 Å². The van der Waals surface area contributed by atoms with Gasteiger partial charge in [0.05, 0.1) is 18.0 Å². The predicted octanol–water partition coefficient (Wildman–Crippen LogP) is 5.12. The molecule has 0 bridgehead atoms. The van der Waals surface area contributed by atoms with E-state index in [1.165, 1.54) is 49.2 Å². The summed E-state index contributed by atoms with van der Waals surface area (Å²) in [7, 11) is -2.66. The van der Waals surface area contributed by atoms with Crippen LogP contribution in [0.25, 0.3) is 11.1 Å². The van der Waals surface area contributed by atoms with Gasteiger partial charge >= 0.3 is 5.97 Å². The molecule has 9 nitrogen and oxygen atoms in total. The van der Waals surface area contributed by atoms with Crippen molar-refractivity contribution in [1.82, 2.24) is 4.31 Å². The summed E-state index contributed by atoms with van der Waals surface area (Å²) in [5.74, 6) is -2.46. The first-order valence-corrected chi connectivity index (χ1v) is 14.4. The van der Waals surface area contributed by atoms with Gasteiger partial charge < -0.3 is 15.1 Å². The predicted molar refractivity (Wildman–Crippen MR) is 159 cm³/mol. The van der Waals surface area contributed by atoms with Gasteiger partial charge in [0.25, 0.3) is 0 Å². The van der Waals surface area contributed by atoms with Crippen LogP contribution in [0.4, 0.5) is 5.69 Å². The van der Waals surface area contributed by atoms with Crippen LogP contribution in [0.15, 0.2) is 95.9 Å². The number of aryl methyl sites for hydroxylation is 1. The van der Waals surface area contributed by atoms with Crippen molar-refractivity contribution in [3.05, 3.63) is 113 Å². The number of likely N-dealkylation sites (N-methyl/N-ethyl adjacent to an activating group) is 1. The van der Waals surface area contributed by atoms with Crippen molar-refractivity contribution in [2.75, 3.05) is 18.5 Å². The Morgan fingerprint density at radius 3 is 1.90 bits per heavy atom. The third-order valence-electron chi connectivity index (χ3n) is 6.83. The standard InChI is InChI=1S/C32H30N2O7S/c1-21-4-15-28(16-5-21)42(40,41)33(3)20-31(37)34(27-14-17-29(32(38)39)30(36)18-27)19-23-6-8-25(9-7-23)26-12-10-24(11-13-26)22(2)35/h4-18,36H,19-20H2,1-3H3,(H,38,39). The zero-order chi connectivity index (χ0) is 30.6. The number of anilines is 1. The Balaban J connectivity index is 1.62. The first kappa shape index (κ1) is 30.2. The molecule has 4 rings (SSSR count). The van der Waals surface area contributed by atoms with E-state index in [0.29, 0.717) is 11.1 Å². The fraction of sp³-hybridized carbons (Fsp3) is 0.156. The van der Waals surface area contributed by atoms with Crippen molar-refractivity contribution in [3.63, 3.8) is 0 Å². The normalized spacial score (nSPS) is 11.3. The maximum Gasteiger partial charge on any atom is 0.339 e. The summed E-state index contributed by atoms with van der Waals surface area (Å²) >= 11 is 0. The van der Waals surface area contributed by atoms with E-state index in [0.717, 1.165) is 21.0 Å². The molecule has 0 aliphatic rings. The number of ketones is 1. The van der Waals surface area contributed by atoms with Gasteiger partial charge in [0.15, 0.2) is 5.78 Å². The molecule has 0 saturated carbocycles. The molecule has 0 aliphatic heterocycles. The second-order valence-corrected chi connectivity index (χ2v) is 11.9. The molecular weight excluding hydrogens is 556 g/mol. The highest BCUT2D eigenvalue weighted by molar-refractivity contribution is 7.89. The molecule has 10 heteroatoms. The van der Waals surface area contributed by atoms with Crippen LogP contribution in [-0.2, 0) is 21.4 Å². The number of hydrogen-bond donors (Lipinski definition) is 2. The quantitative estimate of drug-likeness (QED) is 0.247. The molecule has 0 aliphatic carbocycles. The van der Waals surface area contributed by atoms with E-state index in [2.05, 4.69) is 0 Å². The number of benzene rings is 4. The largest absolute Gasteiger partial charge is 0.507 e. The molecule has 1 amide bonds. The van der Waals surface area contributed by atoms with Crippen molar-refractivity contribution in [3.8, 4) is 16.9 Å². The van der Waals surface area contributed by atoms with Gasteiger partial charge in [-0.1, -0.05) is 66.2 Å². The van der Waals surface area contributed by atoms with Crippen molar-refractivity contribution in [1.29, 1.82) is 0 Å². The lowest BCUT2D eigenvalue weighted by Gasteiger charge is -2.26. The molecule has 0 radical (unpaired) electrons. The van der Waals surface area contributed by atoms with Gasteiger partial charge in [-0.05, 0) is 54.8 Å². The van der Waals surface area contributed by atoms with Gasteiger partial charge in [0.1, 0.15) is 11.3 Å². The van der Waals surface area contributed by atoms with Crippen molar-refractivity contribution >= 4 is 33.4 Å². The van der Waals surface area contributed by atoms with Crippen LogP contribution in [0.3, 0.4) is 0 Å². The molecule has 2 N–H and O–H groups in total. The molecule has 0 atom stereocenters.